The molecule has 0 aromatic carbocycles. The summed E-state index contributed by atoms with van der Waals surface area (Å²) in [7, 11) is 2.28. The highest BCUT2D eigenvalue weighted by Gasteiger charge is 2.44. The Balaban J connectivity index is 2.02. The van der Waals surface area contributed by atoms with Gasteiger partial charge in [-0.1, -0.05) is 41.5 Å². The second kappa shape index (κ2) is 5.08. The van der Waals surface area contributed by atoms with E-state index >= 15 is 0 Å². The highest BCUT2D eigenvalue weighted by molar-refractivity contribution is 7.12. The Morgan fingerprint density at radius 2 is 1.23 bits per heavy atom. The largest absolute Gasteiger partial charge is 0.306 e. The molecule has 2 heterocycles. The molecule has 1 saturated heterocycles. The van der Waals surface area contributed by atoms with Crippen LogP contribution in [0.4, 0.5) is 0 Å². The van der Waals surface area contributed by atoms with E-state index in [0.717, 1.165) is 0 Å². The Kier molecular flexibility index (Phi) is 3.81. The smallest absolute Gasteiger partial charge is 0.0137 e. The molecule has 1 aliphatic heterocycles. The van der Waals surface area contributed by atoms with E-state index in [1.807, 2.05) is 0 Å². The van der Waals surface area contributed by atoms with Gasteiger partial charge in [0.1, 0.15) is 0 Å². The molecule has 1 aromatic rings. The Bertz CT molecular complexity index is 519. The molecular weight excluding hydrogens is 286 g/mol. The monoisotopic (exact) mass is 319 g/mol. The zero-order chi connectivity index (χ0) is 16.3. The molecule has 2 aliphatic rings. The summed E-state index contributed by atoms with van der Waals surface area (Å²) in [5, 5.41) is 0. The first-order valence-corrected chi connectivity index (χ1v) is 9.68. The zero-order valence-corrected chi connectivity index (χ0v) is 16.4. The van der Waals surface area contributed by atoms with Crippen LogP contribution in [0.15, 0.2) is 0 Å². The molecule has 1 fully saturated rings. The molecule has 1 nitrogen and oxygen atoms in total. The van der Waals surface area contributed by atoms with Gasteiger partial charge in [-0.3, -0.25) is 0 Å². The first kappa shape index (κ1) is 16.5. The number of hydrogen-bond acceptors (Lipinski definition) is 2. The van der Waals surface area contributed by atoms with Crippen LogP contribution in [-0.4, -0.2) is 25.0 Å². The van der Waals surface area contributed by atoms with Crippen molar-refractivity contribution in [1.82, 2.24) is 4.90 Å². The van der Waals surface area contributed by atoms with Crippen LogP contribution >= 0.6 is 11.3 Å². The molecule has 0 amide bonds. The molecule has 1 aliphatic carbocycles. The number of piperidine rings is 1. The Morgan fingerprint density at radius 3 is 1.59 bits per heavy atom. The van der Waals surface area contributed by atoms with Crippen molar-refractivity contribution >= 4 is 11.3 Å². The molecule has 0 atom stereocenters. The number of hydrogen-bond donors (Lipinski definition) is 0. The Morgan fingerprint density at radius 1 is 0.818 bits per heavy atom. The molecule has 3 rings (SSSR count). The van der Waals surface area contributed by atoms with Crippen LogP contribution in [0, 0.1) is 5.41 Å². The molecule has 2 heteroatoms. The van der Waals surface area contributed by atoms with E-state index in [9.17, 15) is 0 Å². The van der Waals surface area contributed by atoms with Crippen LogP contribution in [0.1, 0.15) is 75.3 Å². The molecule has 22 heavy (non-hydrogen) atoms. The van der Waals surface area contributed by atoms with Gasteiger partial charge in [0.15, 0.2) is 0 Å². The van der Waals surface area contributed by atoms with E-state index in [-0.39, 0.29) is 10.8 Å². The SMILES string of the molecule is CN1CCC2(CC1)Cc1c(C(C)(C)C)sc(C(C)(C)C)c1C2. The maximum absolute atomic E-state index is 2.51. The molecular formula is C20H33NS. The van der Waals surface area contributed by atoms with Crippen LogP contribution < -0.4 is 0 Å². The minimum atomic E-state index is 0.287. The first-order chi connectivity index (χ1) is 10.0. The summed E-state index contributed by atoms with van der Waals surface area (Å²) < 4.78 is 0. The molecule has 0 bridgehead atoms. The third-order valence-electron chi connectivity index (χ3n) is 5.63. The lowest BCUT2D eigenvalue weighted by Gasteiger charge is -2.38. The number of thiophene rings is 1. The van der Waals surface area contributed by atoms with Gasteiger partial charge >= 0.3 is 0 Å². The van der Waals surface area contributed by atoms with Gasteiger partial charge in [0.05, 0.1) is 0 Å². The van der Waals surface area contributed by atoms with Crippen LogP contribution in [0.2, 0.25) is 0 Å². The second-order valence-corrected chi connectivity index (χ2v) is 10.9. The number of nitrogens with zero attached hydrogens (tertiary/aromatic N) is 1. The molecule has 1 aromatic heterocycles. The summed E-state index contributed by atoms with van der Waals surface area (Å²) in [6.07, 6.45) is 5.46. The average Bonchev–Trinajstić information content (AvgIpc) is 2.86. The molecule has 0 unspecified atom stereocenters. The van der Waals surface area contributed by atoms with Gasteiger partial charge in [-0.05, 0) is 73.2 Å². The predicted octanol–water partition coefficient (Wildman–Crippen LogP) is 5.15. The van der Waals surface area contributed by atoms with Crippen molar-refractivity contribution < 1.29 is 0 Å². The van der Waals surface area contributed by atoms with E-state index in [1.54, 1.807) is 20.9 Å². The van der Waals surface area contributed by atoms with Crippen molar-refractivity contribution in [2.24, 2.45) is 5.41 Å². The lowest BCUT2D eigenvalue weighted by atomic mass is 9.75. The number of rotatable bonds is 0. The van der Waals surface area contributed by atoms with Crippen LogP contribution in [0.5, 0.6) is 0 Å². The van der Waals surface area contributed by atoms with E-state index in [2.05, 4.69) is 64.8 Å². The van der Waals surface area contributed by atoms with Gasteiger partial charge in [-0.15, -0.1) is 11.3 Å². The third kappa shape index (κ3) is 2.78. The zero-order valence-electron chi connectivity index (χ0n) is 15.6. The predicted molar refractivity (Wildman–Crippen MR) is 98.3 cm³/mol. The van der Waals surface area contributed by atoms with Crippen molar-refractivity contribution in [3.05, 3.63) is 20.9 Å². The van der Waals surface area contributed by atoms with E-state index < -0.39 is 0 Å². The molecule has 0 radical (unpaired) electrons. The van der Waals surface area contributed by atoms with Crippen molar-refractivity contribution in [3.63, 3.8) is 0 Å². The summed E-state index contributed by atoms with van der Waals surface area (Å²) >= 11 is 2.11. The fourth-order valence-electron chi connectivity index (χ4n) is 4.34. The van der Waals surface area contributed by atoms with Gasteiger partial charge in [0.2, 0.25) is 0 Å². The summed E-state index contributed by atoms with van der Waals surface area (Å²) in [5.74, 6) is 0. The van der Waals surface area contributed by atoms with E-state index in [4.69, 9.17) is 0 Å². The van der Waals surface area contributed by atoms with Crippen LogP contribution in [0.3, 0.4) is 0 Å². The van der Waals surface area contributed by atoms with Gasteiger partial charge < -0.3 is 4.90 Å². The summed E-state index contributed by atoms with van der Waals surface area (Å²) in [6, 6.07) is 0. The lowest BCUT2D eigenvalue weighted by molar-refractivity contribution is 0.131. The van der Waals surface area contributed by atoms with Gasteiger partial charge in [-0.25, -0.2) is 0 Å². The highest BCUT2D eigenvalue weighted by atomic mass is 32.1. The fourth-order valence-corrected chi connectivity index (χ4v) is 5.80. The second-order valence-electron chi connectivity index (χ2n) is 9.87. The van der Waals surface area contributed by atoms with Crippen LogP contribution in [-0.2, 0) is 23.7 Å². The highest BCUT2D eigenvalue weighted by Crippen LogP contribution is 2.53. The maximum atomic E-state index is 2.51. The molecule has 0 N–H and O–H groups in total. The number of fused-ring (bicyclic) bond motifs is 1. The quantitative estimate of drug-likeness (QED) is 0.639. The van der Waals surface area contributed by atoms with Gasteiger partial charge in [0.25, 0.3) is 0 Å². The minimum Gasteiger partial charge on any atom is -0.306 e. The normalized spacial score (nSPS) is 22.3. The minimum absolute atomic E-state index is 0.287. The van der Waals surface area contributed by atoms with Gasteiger partial charge in [-0.2, -0.15) is 0 Å². The van der Waals surface area contributed by atoms with E-state index in [0.29, 0.717) is 5.41 Å². The van der Waals surface area contributed by atoms with Crippen molar-refractivity contribution in [2.45, 2.75) is 78.1 Å². The third-order valence-corrected chi connectivity index (χ3v) is 7.76. The molecule has 1 spiro atoms. The molecule has 0 saturated carbocycles. The topological polar surface area (TPSA) is 3.24 Å². The summed E-state index contributed by atoms with van der Waals surface area (Å²) in [4.78, 5) is 5.85. The standard InChI is InChI=1S/C20H33NS/c1-18(2,3)16-14-12-20(8-10-21(7)11-9-20)13-15(14)17(22-16)19(4,5)6/h8-13H2,1-7H3. The van der Waals surface area contributed by atoms with Crippen molar-refractivity contribution in [3.8, 4) is 0 Å². The van der Waals surface area contributed by atoms with Crippen molar-refractivity contribution in [1.29, 1.82) is 0 Å². The van der Waals surface area contributed by atoms with Crippen molar-refractivity contribution in [2.75, 3.05) is 20.1 Å². The average molecular weight is 320 g/mol. The van der Waals surface area contributed by atoms with Crippen LogP contribution in [0.25, 0.3) is 0 Å². The summed E-state index contributed by atoms with van der Waals surface area (Å²) in [5.41, 5.74) is 4.63. The first-order valence-electron chi connectivity index (χ1n) is 8.86. The number of likely N-dealkylation sites (tertiary alicyclic amines) is 1. The lowest BCUT2D eigenvalue weighted by Crippen LogP contribution is -2.38. The summed E-state index contributed by atoms with van der Waals surface area (Å²) in [6.45, 7) is 16.9. The fraction of sp³-hybridized carbons (Fsp3) is 0.800. The Labute approximate surface area is 141 Å². The van der Waals surface area contributed by atoms with E-state index in [1.165, 1.54) is 38.8 Å². The molecule has 124 valence electrons. The van der Waals surface area contributed by atoms with Gasteiger partial charge in [0, 0.05) is 9.75 Å². The maximum Gasteiger partial charge on any atom is 0.0137 e. The Hall–Kier alpha value is -0.340.